The van der Waals surface area contributed by atoms with Gasteiger partial charge in [0.1, 0.15) is 5.60 Å². The summed E-state index contributed by atoms with van der Waals surface area (Å²) in [6.07, 6.45) is 0.474. The fourth-order valence-corrected chi connectivity index (χ4v) is 2.21. The van der Waals surface area contributed by atoms with Crippen LogP contribution in [0.4, 0.5) is 4.79 Å². The van der Waals surface area contributed by atoms with E-state index in [1.807, 2.05) is 32.6 Å². The standard InChI is InChI=1S/C13H24N2O4/c1-5-14(9-11(16)17)10-6-7-15(8-10)12(18)19-13(2,3)4/h10H,5-9H2,1-4H3,(H,16,17)/t10-/m0/s1. The molecule has 1 atom stereocenters. The molecule has 0 radical (unpaired) electrons. The van der Waals surface area contributed by atoms with E-state index in [1.54, 1.807) is 4.90 Å². The summed E-state index contributed by atoms with van der Waals surface area (Å²) in [7, 11) is 0. The van der Waals surface area contributed by atoms with Crippen molar-refractivity contribution >= 4 is 12.1 Å². The van der Waals surface area contributed by atoms with Gasteiger partial charge >= 0.3 is 12.1 Å². The molecule has 1 heterocycles. The normalized spacial score (nSPS) is 19.8. The van der Waals surface area contributed by atoms with Crippen molar-refractivity contribution in [1.29, 1.82) is 0 Å². The SMILES string of the molecule is CCN(CC(=O)O)[C@H]1CCN(C(=O)OC(C)(C)C)C1. The third-order valence-electron chi connectivity index (χ3n) is 3.08. The summed E-state index contributed by atoms with van der Waals surface area (Å²) in [4.78, 5) is 26.2. The first-order valence-electron chi connectivity index (χ1n) is 6.66. The van der Waals surface area contributed by atoms with Crippen molar-refractivity contribution < 1.29 is 19.4 Å². The van der Waals surface area contributed by atoms with E-state index in [2.05, 4.69) is 0 Å². The number of carbonyl (C=O) groups excluding carboxylic acids is 1. The lowest BCUT2D eigenvalue weighted by molar-refractivity contribution is -0.138. The van der Waals surface area contributed by atoms with Crippen molar-refractivity contribution in [3.05, 3.63) is 0 Å². The molecule has 1 aliphatic heterocycles. The van der Waals surface area contributed by atoms with Crippen molar-refractivity contribution in [2.75, 3.05) is 26.2 Å². The van der Waals surface area contributed by atoms with Crippen LogP contribution in [0.3, 0.4) is 0 Å². The largest absolute Gasteiger partial charge is 0.480 e. The number of hydrogen-bond acceptors (Lipinski definition) is 4. The lowest BCUT2D eigenvalue weighted by atomic mass is 10.2. The Bertz CT molecular complexity index is 338. The number of amides is 1. The number of ether oxygens (including phenoxy) is 1. The number of hydrogen-bond donors (Lipinski definition) is 1. The molecule has 19 heavy (non-hydrogen) atoms. The summed E-state index contributed by atoms with van der Waals surface area (Å²) in [6.45, 7) is 9.27. The van der Waals surface area contributed by atoms with Crippen LogP contribution in [0.5, 0.6) is 0 Å². The zero-order chi connectivity index (χ0) is 14.6. The average Bonchev–Trinajstić information content (AvgIpc) is 2.72. The molecule has 1 aliphatic rings. The minimum atomic E-state index is -0.836. The van der Waals surface area contributed by atoms with Crippen LogP contribution < -0.4 is 0 Å². The number of likely N-dealkylation sites (tertiary alicyclic amines) is 1. The van der Waals surface area contributed by atoms with Crippen molar-refractivity contribution in [2.45, 2.75) is 45.8 Å². The Morgan fingerprint density at radius 2 is 2.05 bits per heavy atom. The summed E-state index contributed by atoms with van der Waals surface area (Å²) in [5.74, 6) is -0.836. The van der Waals surface area contributed by atoms with Gasteiger partial charge < -0.3 is 14.7 Å². The Balaban J connectivity index is 2.52. The van der Waals surface area contributed by atoms with Crippen LogP contribution in [0, 0.1) is 0 Å². The van der Waals surface area contributed by atoms with Crippen LogP contribution >= 0.6 is 0 Å². The van der Waals surface area contributed by atoms with E-state index in [4.69, 9.17) is 9.84 Å². The molecule has 1 rings (SSSR count). The molecular weight excluding hydrogens is 248 g/mol. The molecule has 1 amide bonds. The van der Waals surface area contributed by atoms with Crippen LogP contribution in [-0.4, -0.2) is 64.8 Å². The molecule has 0 aromatic heterocycles. The fraction of sp³-hybridized carbons (Fsp3) is 0.846. The summed E-state index contributed by atoms with van der Waals surface area (Å²) in [5.41, 5.74) is -0.499. The molecule has 1 fully saturated rings. The van der Waals surface area contributed by atoms with Gasteiger partial charge in [-0.25, -0.2) is 4.79 Å². The highest BCUT2D eigenvalue weighted by molar-refractivity contribution is 5.69. The minimum absolute atomic E-state index is 0.0172. The second-order valence-electron chi connectivity index (χ2n) is 5.83. The Hall–Kier alpha value is -1.30. The van der Waals surface area contributed by atoms with E-state index in [-0.39, 0.29) is 18.7 Å². The number of rotatable bonds is 4. The first kappa shape index (κ1) is 15.8. The quantitative estimate of drug-likeness (QED) is 0.837. The molecule has 0 aromatic rings. The molecule has 6 nitrogen and oxygen atoms in total. The van der Waals surface area contributed by atoms with Crippen molar-refractivity contribution in [3.63, 3.8) is 0 Å². The van der Waals surface area contributed by atoms with E-state index in [1.165, 1.54) is 0 Å². The van der Waals surface area contributed by atoms with Crippen molar-refractivity contribution in [2.24, 2.45) is 0 Å². The zero-order valence-electron chi connectivity index (χ0n) is 12.2. The highest BCUT2D eigenvalue weighted by Crippen LogP contribution is 2.18. The van der Waals surface area contributed by atoms with Gasteiger partial charge in [-0.05, 0) is 33.7 Å². The number of likely N-dealkylation sites (N-methyl/N-ethyl adjacent to an activating group) is 1. The average molecular weight is 272 g/mol. The van der Waals surface area contributed by atoms with E-state index in [0.29, 0.717) is 19.6 Å². The highest BCUT2D eigenvalue weighted by Gasteiger charge is 2.32. The van der Waals surface area contributed by atoms with Gasteiger partial charge in [0.15, 0.2) is 0 Å². The van der Waals surface area contributed by atoms with Gasteiger partial charge in [0, 0.05) is 19.1 Å². The van der Waals surface area contributed by atoms with Crippen LogP contribution in [0.1, 0.15) is 34.1 Å². The molecule has 0 spiro atoms. The summed E-state index contributed by atoms with van der Waals surface area (Å²) in [6, 6.07) is 0.105. The third-order valence-corrected chi connectivity index (χ3v) is 3.08. The minimum Gasteiger partial charge on any atom is -0.480 e. The van der Waals surface area contributed by atoms with E-state index < -0.39 is 11.6 Å². The topological polar surface area (TPSA) is 70.1 Å². The van der Waals surface area contributed by atoms with Gasteiger partial charge in [0.25, 0.3) is 0 Å². The van der Waals surface area contributed by atoms with Crippen LogP contribution in [0.2, 0.25) is 0 Å². The number of carboxylic acid groups (broad SMARTS) is 1. The van der Waals surface area contributed by atoms with Crippen molar-refractivity contribution in [1.82, 2.24) is 9.80 Å². The smallest absolute Gasteiger partial charge is 0.410 e. The molecule has 0 saturated carbocycles. The first-order chi connectivity index (χ1) is 8.73. The van der Waals surface area contributed by atoms with Crippen molar-refractivity contribution in [3.8, 4) is 0 Å². The summed E-state index contributed by atoms with van der Waals surface area (Å²) < 4.78 is 5.32. The van der Waals surface area contributed by atoms with Crippen LogP contribution in [0.15, 0.2) is 0 Å². The second kappa shape index (κ2) is 6.23. The summed E-state index contributed by atoms with van der Waals surface area (Å²) >= 11 is 0. The molecule has 0 aliphatic carbocycles. The van der Waals surface area contributed by atoms with Gasteiger partial charge in [-0.3, -0.25) is 9.69 Å². The molecule has 6 heteroatoms. The van der Waals surface area contributed by atoms with Gasteiger partial charge in [0.2, 0.25) is 0 Å². The lowest BCUT2D eigenvalue weighted by Gasteiger charge is -2.27. The molecule has 0 bridgehead atoms. The number of nitrogens with zero attached hydrogens (tertiary/aromatic N) is 2. The van der Waals surface area contributed by atoms with Gasteiger partial charge in [-0.15, -0.1) is 0 Å². The molecule has 0 aromatic carbocycles. The zero-order valence-corrected chi connectivity index (χ0v) is 12.2. The molecule has 1 saturated heterocycles. The molecular formula is C13H24N2O4. The summed E-state index contributed by atoms with van der Waals surface area (Å²) in [5, 5.41) is 8.86. The Kier molecular flexibility index (Phi) is 5.17. The van der Waals surface area contributed by atoms with Crippen LogP contribution in [-0.2, 0) is 9.53 Å². The maximum atomic E-state index is 11.9. The first-order valence-corrected chi connectivity index (χ1v) is 6.66. The second-order valence-corrected chi connectivity index (χ2v) is 5.83. The van der Waals surface area contributed by atoms with E-state index in [9.17, 15) is 9.59 Å². The maximum absolute atomic E-state index is 11.9. The predicted molar refractivity (Wildman–Crippen MR) is 71.1 cm³/mol. The van der Waals surface area contributed by atoms with E-state index in [0.717, 1.165) is 6.42 Å². The predicted octanol–water partition coefficient (Wildman–Crippen LogP) is 1.40. The number of carbonyl (C=O) groups is 2. The Morgan fingerprint density at radius 3 is 2.53 bits per heavy atom. The number of carboxylic acids is 1. The maximum Gasteiger partial charge on any atom is 0.410 e. The fourth-order valence-electron chi connectivity index (χ4n) is 2.21. The monoisotopic (exact) mass is 272 g/mol. The molecule has 0 unspecified atom stereocenters. The highest BCUT2D eigenvalue weighted by atomic mass is 16.6. The molecule has 110 valence electrons. The van der Waals surface area contributed by atoms with Gasteiger partial charge in [-0.2, -0.15) is 0 Å². The molecule has 1 N–H and O–H groups in total. The Morgan fingerprint density at radius 1 is 1.42 bits per heavy atom. The van der Waals surface area contributed by atoms with E-state index >= 15 is 0 Å². The van der Waals surface area contributed by atoms with Crippen LogP contribution in [0.25, 0.3) is 0 Å². The third kappa shape index (κ3) is 5.06. The Labute approximate surface area is 114 Å². The van der Waals surface area contributed by atoms with Gasteiger partial charge in [0.05, 0.1) is 6.54 Å². The van der Waals surface area contributed by atoms with Gasteiger partial charge in [-0.1, -0.05) is 6.92 Å². The lowest BCUT2D eigenvalue weighted by Crippen LogP contribution is -2.42. The number of aliphatic carboxylic acids is 1.